The van der Waals surface area contributed by atoms with Crippen LogP contribution in [0.2, 0.25) is 0 Å². The van der Waals surface area contributed by atoms with Crippen molar-refractivity contribution in [1.82, 2.24) is 4.57 Å². The van der Waals surface area contributed by atoms with E-state index in [-0.39, 0.29) is 0 Å². The van der Waals surface area contributed by atoms with E-state index in [1.54, 1.807) is 7.11 Å². The normalized spacial score (nSPS) is 11.4. The van der Waals surface area contributed by atoms with Gasteiger partial charge in [-0.1, -0.05) is 70.1 Å². The van der Waals surface area contributed by atoms with Gasteiger partial charge in [-0.2, -0.15) is 0 Å². The molecule has 0 aliphatic carbocycles. The lowest BCUT2D eigenvalue weighted by Gasteiger charge is -2.08. The van der Waals surface area contributed by atoms with E-state index in [0.717, 1.165) is 12.3 Å². The zero-order valence-corrected chi connectivity index (χ0v) is 15.8. The minimum Gasteiger partial charge on any atom is -0.497 e. The first-order valence-electron chi connectivity index (χ1n) is 9.90. The van der Waals surface area contributed by atoms with E-state index in [0.29, 0.717) is 0 Å². The summed E-state index contributed by atoms with van der Waals surface area (Å²) < 4.78 is 7.93. The molecule has 2 heteroatoms. The van der Waals surface area contributed by atoms with Gasteiger partial charge < -0.3 is 9.30 Å². The van der Waals surface area contributed by atoms with Crippen molar-refractivity contribution in [2.24, 2.45) is 0 Å². The highest BCUT2D eigenvalue weighted by Crippen LogP contribution is 2.31. The minimum absolute atomic E-state index is 0.937. The Labute approximate surface area is 151 Å². The Hall–Kier alpha value is -1.96. The lowest BCUT2D eigenvalue weighted by atomic mass is 10.1. The summed E-state index contributed by atoms with van der Waals surface area (Å²) in [6, 6.07) is 15.2. The molecule has 0 amide bonds. The van der Waals surface area contributed by atoms with Gasteiger partial charge in [0.05, 0.1) is 12.6 Å². The number of para-hydroxylation sites is 1. The van der Waals surface area contributed by atoms with Gasteiger partial charge in [0.25, 0.3) is 0 Å². The second kappa shape index (κ2) is 8.94. The topological polar surface area (TPSA) is 14.2 Å². The number of rotatable bonds is 10. The number of hydrogen-bond donors (Lipinski definition) is 0. The molecule has 0 unspecified atom stereocenters. The third kappa shape index (κ3) is 4.18. The lowest BCUT2D eigenvalue weighted by Crippen LogP contribution is -1.98. The van der Waals surface area contributed by atoms with Crippen molar-refractivity contribution in [3.05, 3.63) is 42.5 Å². The average molecular weight is 338 g/mol. The third-order valence-electron chi connectivity index (χ3n) is 5.22. The average Bonchev–Trinajstić information content (AvgIpc) is 2.97. The van der Waals surface area contributed by atoms with Gasteiger partial charge in [-0.05, 0) is 24.6 Å². The van der Waals surface area contributed by atoms with Crippen LogP contribution >= 0.6 is 0 Å². The van der Waals surface area contributed by atoms with Crippen molar-refractivity contribution in [2.45, 2.75) is 64.8 Å². The SMILES string of the molecule is CCCCCCCCCCn1c2ccccc2c2ccc(OC)cc21. The molecule has 0 N–H and O–H groups in total. The summed E-state index contributed by atoms with van der Waals surface area (Å²) >= 11 is 0. The summed E-state index contributed by atoms with van der Waals surface area (Å²) in [6.45, 7) is 3.37. The third-order valence-corrected chi connectivity index (χ3v) is 5.22. The van der Waals surface area contributed by atoms with E-state index >= 15 is 0 Å². The molecule has 0 atom stereocenters. The first-order valence-corrected chi connectivity index (χ1v) is 9.90. The Kier molecular flexibility index (Phi) is 6.38. The highest BCUT2D eigenvalue weighted by molar-refractivity contribution is 6.08. The standard InChI is InChI=1S/C23H31NO/c1-3-4-5-6-7-8-9-12-17-24-22-14-11-10-13-20(22)21-16-15-19(25-2)18-23(21)24/h10-11,13-16,18H,3-9,12,17H2,1-2H3. The Bertz CT molecular complexity index is 802. The largest absolute Gasteiger partial charge is 0.497 e. The zero-order chi connectivity index (χ0) is 17.5. The Balaban J connectivity index is 1.69. The second-order valence-electron chi connectivity index (χ2n) is 7.03. The smallest absolute Gasteiger partial charge is 0.120 e. The van der Waals surface area contributed by atoms with Gasteiger partial charge >= 0.3 is 0 Å². The van der Waals surface area contributed by atoms with Crippen molar-refractivity contribution in [3.8, 4) is 5.75 Å². The van der Waals surface area contributed by atoms with Crippen LogP contribution in [0.5, 0.6) is 5.75 Å². The summed E-state index contributed by atoms with van der Waals surface area (Å²) in [5.74, 6) is 0.937. The molecule has 0 bridgehead atoms. The van der Waals surface area contributed by atoms with Crippen molar-refractivity contribution in [2.75, 3.05) is 7.11 Å². The van der Waals surface area contributed by atoms with Gasteiger partial charge in [0.1, 0.15) is 5.75 Å². The molecular weight excluding hydrogens is 306 g/mol. The first-order chi connectivity index (χ1) is 12.3. The van der Waals surface area contributed by atoms with Gasteiger partial charge in [-0.15, -0.1) is 0 Å². The number of hydrogen-bond acceptors (Lipinski definition) is 1. The van der Waals surface area contributed by atoms with Gasteiger partial charge in [0.2, 0.25) is 0 Å². The monoisotopic (exact) mass is 337 g/mol. The number of aromatic nitrogens is 1. The molecule has 0 saturated carbocycles. The molecular formula is C23H31NO. The molecule has 0 aliphatic rings. The van der Waals surface area contributed by atoms with E-state index in [9.17, 15) is 0 Å². The fourth-order valence-corrected chi connectivity index (χ4v) is 3.80. The highest BCUT2D eigenvalue weighted by atomic mass is 16.5. The van der Waals surface area contributed by atoms with Crippen molar-refractivity contribution in [3.63, 3.8) is 0 Å². The van der Waals surface area contributed by atoms with Crippen LogP contribution in [0.3, 0.4) is 0 Å². The van der Waals surface area contributed by atoms with Crippen LogP contribution in [-0.4, -0.2) is 11.7 Å². The molecule has 2 aromatic carbocycles. The number of ether oxygens (including phenoxy) is 1. The molecule has 2 nitrogen and oxygen atoms in total. The summed E-state index contributed by atoms with van der Waals surface area (Å²) in [4.78, 5) is 0. The zero-order valence-electron chi connectivity index (χ0n) is 15.8. The molecule has 0 radical (unpaired) electrons. The maximum Gasteiger partial charge on any atom is 0.120 e. The van der Waals surface area contributed by atoms with Gasteiger partial charge in [0, 0.05) is 28.9 Å². The van der Waals surface area contributed by atoms with Crippen LogP contribution in [0.25, 0.3) is 21.8 Å². The summed E-state index contributed by atoms with van der Waals surface area (Å²) in [5, 5.41) is 2.68. The molecule has 0 aliphatic heterocycles. The summed E-state index contributed by atoms with van der Waals surface area (Å²) in [5.41, 5.74) is 2.64. The summed E-state index contributed by atoms with van der Waals surface area (Å²) in [7, 11) is 1.74. The maximum absolute atomic E-state index is 5.45. The van der Waals surface area contributed by atoms with Crippen LogP contribution in [0.1, 0.15) is 58.3 Å². The fraction of sp³-hybridized carbons (Fsp3) is 0.478. The molecule has 134 valence electrons. The highest BCUT2D eigenvalue weighted by Gasteiger charge is 2.10. The lowest BCUT2D eigenvalue weighted by molar-refractivity contribution is 0.415. The summed E-state index contributed by atoms with van der Waals surface area (Å²) in [6.07, 6.45) is 10.9. The van der Waals surface area contributed by atoms with Gasteiger partial charge in [-0.3, -0.25) is 0 Å². The van der Waals surface area contributed by atoms with E-state index in [1.807, 2.05) is 0 Å². The number of unbranched alkanes of at least 4 members (excludes halogenated alkanes) is 7. The molecule has 1 aromatic heterocycles. The predicted octanol–water partition coefficient (Wildman–Crippen LogP) is 6.94. The number of methoxy groups -OCH3 is 1. The molecule has 3 rings (SSSR count). The van der Waals surface area contributed by atoms with E-state index in [1.165, 1.54) is 73.2 Å². The minimum atomic E-state index is 0.937. The van der Waals surface area contributed by atoms with Crippen LogP contribution in [0, 0.1) is 0 Å². The maximum atomic E-state index is 5.45. The van der Waals surface area contributed by atoms with Crippen LogP contribution in [-0.2, 0) is 6.54 Å². The predicted molar refractivity (Wildman–Crippen MR) is 109 cm³/mol. The molecule has 0 spiro atoms. The van der Waals surface area contributed by atoms with E-state index in [2.05, 4.69) is 54.0 Å². The van der Waals surface area contributed by atoms with E-state index in [4.69, 9.17) is 4.74 Å². The molecule has 0 fully saturated rings. The first kappa shape index (κ1) is 17.8. The molecule has 25 heavy (non-hydrogen) atoms. The van der Waals surface area contributed by atoms with Gasteiger partial charge in [-0.25, -0.2) is 0 Å². The number of benzene rings is 2. The van der Waals surface area contributed by atoms with Gasteiger partial charge in [0.15, 0.2) is 0 Å². The Morgan fingerprint density at radius 1 is 0.760 bits per heavy atom. The number of nitrogens with zero attached hydrogens (tertiary/aromatic N) is 1. The fourth-order valence-electron chi connectivity index (χ4n) is 3.80. The Morgan fingerprint density at radius 2 is 1.44 bits per heavy atom. The number of fused-ring (bicyclic) bond motifs is 3. The van der Waals surface area contributed by atoms with E-state index < -0.39 is 0 Å². The number of aryl methyl sites for hydroxylation is 1. The Morgan fingerprint density at radius 3 is 2.20 bits per heavy atom. The van der Waals surface area contributed by atoms with Crippen molar-refractivity contribution < 1.29 is 4.74 Å². The van der Waals surface area contributed by atoms with Crippen LogP contribution in [0.4, 0.5) is 0 Å². The van der Waals surface area contributed by atoms with Crippen LogP contribution < -0.4 is 4.74 Å². The second-order valence-corrected chi connectivity index (χ2v) is 7.03. The van der Waals surface area contributed by atoms with Crippen LogP contribution in [0.15, 0.2) is 42.5 Å². The quantitative estimate of drug-likeness (QED) is 0.365. The molecule has 3 aromatic rings. The molecule has 0 saturated heterocycles. The molecule has 1 heterocycles. The van der Waals surface area contributed by atoms with Crippen molar-refractivity contribution >= 4 is 21.8 Å². The van der Waals surface area contributed by atoms with Crippen molar-refractivity contribution in [1.29, 1.82) is 0 Å².